The maximum atomic E-state index is 12.4. The molecule has 0 spiro atoms. The summed E-state index contributed by atoms with van der Waals surface area (Å²) >= 11 is 0. The van der Waals surface area contributed by atoms with E-state index < -0.39 is 6.36 Å². The van der Waals surface area contributed by atoms with Gasteiger partial charge in [0.1, 0.15) is 18.2 Å². The summed E-state index contributed by atoms with van der Waals surface area (Å²) in [5.74, 6) is 0.561. The SMILES string of the molecule is O=C(OCc1ccccc1)N1CC[C@H]2[C@H](CCN2c2ccc(OC(F)(F)F)cn2)C1. The number of aromatic nitrogens is 1. The molecule has 2 atom stereocenters. The zero-order valence-corrected chi connectivity index (χ0v) is 16.2. The van der Waals surface area contributed by atoms with Crippen LogP contribution in [0, 0.1) is 5.92 Å². The van der Waals surface area contributed by atoms with E-state index in [-0.39, 0.29) is 30.4 Å². The van der Waals surface area contributed by atoms with Crippen LogP contribution in [0.5, 0.6) is 5.75 Å². The normalized spacial score (nSPS) is 21.3. The van der Waals surface area contributed by atoms with Crippen LogP contribution in [0.25, 0.3) is 0 Å². The van der Waals surface area contributed by atoms with Gasteiger partial charge in [0.25, 0.3) is 0 Å². The third kappa shape index (κ3) is 4.77. The zero-order chi connectivity index (χ0) is 21.1. The largest absolute Gasteiger partial charge is 0.573 e. The summed E-state index contributed by atoms with van der Waals surface area (Å²) in [6, 6.07) is 12.6. The summed E-state index contributed by atoms with van der Waals surface area (Å²) in [5, 5.41) is 0. The quantitative estimate of drug-likeness (QED) is 0.740. The molecule has 3 heterocycles. The molecule has 2 saturated heterocycles. The molecule has 160 valence electrons. The lowest BCUT2D eigenvalue weighted by Crippen LogP contribution is -2.48. The van der Waals surface area contributed by atoms with Crippen molar-refractivity contribution in [3.8, 4) is 5.75 Å². The Morgan fingerprint density at radius 2 is 1.90 bits per heavy atom. The molecule has 6 nitrogen and oxygen atoms in total. The molecule has 2 aliphatic heterocycles. The smallest absolute Gasteiger partial charge is 0.445 e. The minimum Gasteiger partial charge on any atom is -0.445 e. The Labute approximate surface area is 172 Å². The van der Waals surface area contributed by atoms with Crippen LogP contribution in [-0.4, -0.2) is 48.0 Å². The number of halogens is 3. The average molecular weight is 421 g/mol. The minimum atomic E-state index is -4.73. The fourth-order valence-electron chi connectivity index (χ4n) is 4.18. The van der Waals surface area contributed by atoms with E-state index >= 15 is 0 Å². The van der Waals surface area contributed by atoms with Crippen molar-refractivity contribution in [3.05, 3.63) is 54.2 Å². The molecule has 0 radical (unpaired) electrons. The monoisotopic (exact) mass is 421 g/mol. The first-order valence-corrected chi connectivity index (χ1v) is 9.83. The number of likely N-dealkylation sites (tertiary alicyclic amines) is 1. The summed E-state index contributed by atoms with van der Waals surface area (Å²) in [7, 11) is 0. The molecule has 2 aromatic rings. The molecule has 2 fully saturated rings. The number of fused-ring (bicyclic) bond motifs is 1. The minimum absolute atomic E-state index is 0.199. The number of benzene rings is 1. The average Bonchev–Trinajstić information content (AvgIpc) is 3.15. The number of nitrogens with zero attached hydrogens (tertiary/aromatic N) is 3. The Balaban J connectivity index is 1.32. The van der Waals surface area contributed by atoms with Crippen LogP contribution in [0.4, 0.5) is 23.8 Å². The lowest BCUT2D eigenvalue weighted by atomic mass is 9.93. The van der Waals surface area contributed by atoms with Gasteiger partial charge in [-0.15, -0.1) is 13.2 Å². The van der Waals surface area contributed by atoms with E-state index in [1.165, 1.54) is 6.07 Å². The number of anilines is 1. The molecule has 1 amide bonds. The molecule has 30 heavy (non-hydrogen) atoms. The lowest BCUT2D eigenvalue weighted by Gasteiger charge is -2.37. The number of hydrogen-bond donors (Lipinski definition) is 0. The van der Waals surface area contributed by atoms with Gasteiger partial charge in [0.2, 0.25) is 0 Å². The van der Waals surface area contributed by atoms with Crippen LogP contribution in [0.15, 0.2) is 48.7 Å². The van der Waals surface area contributed by atoms with Crippen LogP contribution in [0.1, 0.15) is 18.4 Å². The van der Waals surface area contributed by atoms with Gasteiger partial charge in [0.05, 0.1) is 6.20 Å². The van der Waals surface area contributed by atoms with Crippen molar-refractivity contribution >= 4 is 11.9 Å². The number of rotatable bonds is 4. The molecular formula is C21H22F3N3O3. The topological polar surface area (TPSA) is 54.9 Å². The van der Waals surface area contributed by atoms with Gasteiger partial charge in [-0.3, -0.25) is 0 Å². The summed E-state index contributed by atoms with van der Waals surface area (Å²) in [6.07, 6.45) is -2.32. The van der Waals surface area contributed by atoms with Crippen molar-refractivity contribution in [1.29, 1.82) is 0 Å². The Kier molecular flexibility index (Phi) is 5.69. The molecule has 1 aromatic heterocycles. The van der Waals surface area contributed by atoms with Crippen LogP contribution < -0.4 is 9.64 Å². The highest BCUT2D eigenvalue weighted by Gasteiger charge is 2.40. The Morgan fingerprint density at radius 1 is 1.10 bits per heavy atom. The van der Waals surface area contributed by atoms with E-state index in [0.717, 1.165) is 31.1 Å². The van der Waals surface area contributed by atoms with E-state index in [1.54, 1.807) is 11.0 Å². The zero-order valence-electron chi connectivity index (χ0n) is 16.2. The first-order chi connectivity index (χ1) is 14.4. The van der Waals surface area contributed by atoms with E-state index in [0.29, 0.717) is 18.9 Å². The van der Waals surface area contributed by atoms with E-state index in [4.69, 9.17) is 4.74 Å². The Hall–Kier alpha value is -2.97. The number of carbonyl (C=O) groups is 1. The van der Waals surface area contributed by atoms with Gasteiger partial charge in [0, 0.05) is 25.7 Å². The standard InChI is InChI=1S/C21H22F3N3O3/c22-21(23,24)30-17-6-7-19(25-12-17)27-11-8-16-13-26(10-9-18(16)27)20(28)29-14-15-4-2-1-3-5-15/h1-7,12,16,18H,8-11,13-14H2/t16-,18+/m1/s1. The van der Waals surface area contributed by atoms with Crippen LogP contribution in [0.3, 0.4) is 0 Å². The molecule has 0 N–H and O–H groups in total. The van der Waals surface area contributed by atoms with Gasteiger partial charge in [-0.05, 0) is 36.5 Å². The maximum absolute atomic E-state index is 12.4. The number of pyridine rings is 1. The maximum Gasteiger partial charge on any atom is 0.573 e. The summed E-state index contributed by atoms with van der Waals surface area (Å²) < 4.78 is 46.3. The van der Waals surface area contributed by atoms with E-state index in [1.807, 2.05) is 30.3 Å². The predicted octanol–water partition coefficient (Wildman–Crippen LogP) is 4.22. The van der Waals surface area contributed by atoms with Crippen molar-refractivity contribution in [2.24, 2.45) is 5.92 Å². The summed E-state index contributed by atoms with van der Waals surface area (Å²) in [6.45, 7) is 2.16. The molecule has 0 saturated carbocycles. The number of amides is 1. The van der Waals surface area contributed by atoms with Gasteiger partial charge in [-0.1, -0.05) is 30.3 Å². The molecular weight excluding hydrogens is 399 g/mol. The predicted molar refractivity (Wildman–Crippen MR) is 103 cm³/mol. The third-order valence-corrected chi connectivity index (χ3v) is 5.55. The molecule has 0 bridgehead atoms. The van der Waals surface area contributed by atoms with Crippen LogP contribution in [0.2, 0.25) is 0 Å². The lowest BCUT2D eigenvalue weighted by molar-refractivity contribution is -0.274. The van der Waals surface area contributed by atoms with E-state index in [9.17, 15) is 18.0 Å². The molecule has 1 aromatic carbocycles. The molecule has 2 aliphatic rings. The highest BCUT2D eigenvalue weighted by atomic mass is 19.4. The van der Waals surface area contributed by atoms with Gasteiger partial charge in [0.15, 0.2) is 0 Å². The Morgan fingerprint density at radius 3 is 2.60 bits per heavy atom. The molecule has 4 rings (SSSR count). The second kappa shape index (κ2) is 8.41. The van der Waals surface area contributed by atoms with Crippen LogP contribution in [-0.2, 0) is 11.3 Å². The molecule has 9 heteroatoms. The van der Waals surface area contributed by atoms with Crippen molar-refractivity contribution in [1.82, 2.24) is 9.88 Å². The van der Waals surface area contributed by atoms with Crippen molar-refractivity contribution < 1.29 is 27.4 Å². The number of hydrogen-bond acceptors (Lipinski definition) is 5. The van der Waals surface area contributed by atoms with Crippen LogP contribution >= 0.6 is 0 Å². The van der Waals surface area contributed by atoms with Gasteiger partial charge in [-0.2, -0.15) is 0 Å². The van der Waals surface area contributed by atoms with Gasteiger partial charge < -0.3 is 19.3 Å². The number of carbonyl (C=O) groups excluding carboxylic acids is 1. The van der Waals surface area contributed by atoms with Crippen molar-refractivity contribution in [2.45, 2.75) is 31.9 Å². The number of piperidine rings is 1. The van der Waals surface area contributed by atoms with Gasteiger partial charge >= 0.3 is 12.5 Å². The first-order valence-electron chi connectivity index (χ1n) is 9.83. The highest BCUT2D eigenvalue weighted by molar-refractivity contribution is 5.68. The summed E-state index contributed by atoms with van der Waals surface area (Å²) in [5.41, 5.74) is 0.941. The van der Waals surface area contributed by atoms with Gasteiger partial charge in [-0.25, -0.2) is 9.78 Å². The second-order valence-corrected chi connectivity index (χ2v) is 7.48. The van der Waals surface area contributed by atoms with Crippen molar-refractivity contribution in [3.63, 3.8) is 0 Å². The number of alkyl halides is 3. The fourth-order valence-corrected chi connectivity index (χ4v) is 4.18. The second-order valence-electron chi connectivity index (χ2n) is 7.48. The molecule has 0 aliphatic carbocycles. The Bertz CT molecular complexity index is 861. The van der Waals surface area contributed by atoms with E-state index in [2.05, 4.69) is 14.6 Å². The number of ether oxygens (including phenoxy) is 2. The third-order valence-electron chi connectivity index (χ3n) is 5.55. The highest BCUT2D eigenvalue weighted by Crippen LogP contribution is 2.35. The molecule has 0 unspecified atom stereocenters. The summed E-state index contributed by atoms with van der Waals surface area (Å²) in [4.78, 5) is 20.4. The first kappa shape index (κ1) is 20.3. The van der Waals surface area contributed by atoms with Crippen molar-refractivity contribution in [2.75, 3.05) is 24.5 Å². The fraction of sp³-hybridized carbons (Fsp3) is 0.429.